The highest BCUT2D eigenvalue weighted by Crippen LogP contribution is 2.61. The van der Waals surface area contributed by atoms with Gasteiger partial charge >= 0.3 is 0 Å². The van der Waals surface area contributed by atoms with Gasteiger partial charge in [0, 0.05) is 0 Å². The fourth-order valence-electron chi connectivity index (χ4n) is 5.87. The first-order chi connectivity index (χ1) is 12.2. The summed E-state index contributed by atoms with van der Waals surface area (Å²) < 4.78 is 15.7. The maximum absolute atomic E-state index is 13.2. The van der Waals surface area contributed by atoms with E-state index < -0.39 is 0 Å². The molecule has 3 aromatic rings. The molecule has 4 heteroatoms. The quantitative estimate of drug-likeness (QED) is 0.674. The second-order valence-corrected chi connectivity index (χ2v) is 7.93. The predicted octanol–water partition coefficient (Wildman–Crippen LogP) is 5.07. The second kappa shape index (κ2) is 4.43. The molecule has 0 saturated heterocycles. The Morgan fingerprint density at radius 3 is 2.40 bits per heavy atom. The summed E-state index contributed by atoms with van der Waals surface area (Å²) in [6.45, 7) is 0. The van der Waals surface area contributed by atoms with E-state index in [1.165, 1.54) is 56.2 Å². The van der Waals surface area contributed by atoms with Crippen molar-refractivity contribution in [2.45, 2.75) is 49.6 Å². The zero-order valence-corrected chi connectivity index (χ0v) is 14.1. The monoisotopic (exact) mass is 333 g/mol. The summed E-state index contributed by atoms with van der Waals surface area (Å²) in [5, 5.41) is 3.82. The van der Waals surface area contributed by atoms with Gasteiger partial charge in [0.05, 0.1) is 22.1 Å². The van der Waals surface area contributed by atoms with Crippen molar-refractivity contribution in [2.75, 3.05) is 5.32 Å². The smallest absolute Gasteiger partial charge is 0.205 e. The normalized spacial score (nSPS) is 29.5. The molecule has 3 nitrogen and oxygen atoms in total. The highest BCUT2D eigenvalue weighted by Gasteiger charge is 2.63. The molecule has 3 aliphatic rings. The van der Waals surface area contributed by atoms with Crippen LogP contribution in [0.15, 0.2) is 42.5 Å². The Balaban J connectivity index is 1.53. The summed E-state index contributed by atoms with van der Waals surface area (Å²) in [4.78, 5) is 4.93. The topological polar surface area (TPSA) is 29.9 Å². The van der Waals surface area contributed by atoms with E-state index in [-0.39, 0.29) is 16.9 Å². The number of hydrogen-bond donors (Lipinski definition) is 1. The lowest BCUT2D eigenvalue weighted by molar-refractivity contribution is 0.265. The Labute approximate surface area is 145 Å². The number of rotatable bonds is 1. The third-order valence-electron chi connectivity index (χ3n) is 6.89. The van der Waals surface area contributed by atoms with Crippen molar-refractivity contribution in [3.8, 4) is 11.1 Å². The lowest BCUT2D eigenvalue weighted by atomic mass is 9.84. The van der Waals surface area contributed by atoms with Crippen LogP contribution < -0.4 is 5.32 Å². The molecule has 0 bridgehead atoms. The summed E-state index contributed by atoms with van der Waals surface area (Å²) in [5.74, 6) is 0.846. The van der Waals surface area contributed by atoms with Gasteiger partial charge < -0.3 is 9.88 Å². The van der Waals surface area contributed by atoms with Crippen LogP contribution >= 0.6 is 0 Å². The summed E-state index contributed by atoms with van der Waals surface area (Å²) >= 11 is 0. The molecule has 2 aromatic carbocycles. The van der Waals surface area contributed by atoms with Gasteiger partial charge in [-0.15, -0.1) is 0 Å². The number of nitrogens with zero attached hydrogens (tertiary/aromatic N) is 2. The lowest BCUT2D eigenvalue weighted by Crippen LogP contribution is -2.46. The van der Waals surface area contributed by atoms with Crippen molar-refractivity contribution in [1.82, 2.24) is 9.55 Å². The molecule has 0 amide bonds. The van der Waals surface area contributed by atoms with Crippen molar-refractivity contribution < 1.29 is 4.39 Å². The van der Waals surface area contributed by atoms with Crippen LogP contribution in [-0.2, 0) is 5.54 Å². The van der Waals surface area contributed by atoms with Crippen LogP contribution in [0.5, 0.6) is 0 Å². The van der Waals surface area contributed by atoms with E-state index in [0.717, 1.165) is 22.6 Å². The van der Waals surface area contributed by atoms with Gasteiger partial charge in [-0.05, 0) is 73.9 Å². The van der Waals surface area contributed by atoms with E-state index in [0.29, 0.717) is 0 Å². The minimum absolute atomic E-state index is 0.201. The van der Waals surface area contributed by atoms with Crippen LogP contribution in [-0.4, -0.2) is 15.1 Å². The molecule has 2 saturated carbocycles. The first-order valence-corrected chi connectivity index (χ1v) is 9.28. The standard InChI is InChI=1S/C21H20FN3/c22-16-6-3-14(4-7-16)15-5-8-18-17(13-15)23-19-24-20-9-1-11-21(20,25(18)19)12-2-10-20/h3-8,13H,1-2,9-12H2,(H,23,24). The van der Waals surface area contributed by atoms with Crippen LogP contribution in [0.1, 0.15) is 38.5 Å². The second-order valence-electron chi connectivity index (χ2n) is 7.93. The minimum atomic E-state index is -0.201. The molecule has 1 aromatic heterocycles. The maximum atomic E-state index is 13.2. The summed E-state index contributed by atoms with van der Waals surface area (Å²) in [6.07, 6.45) is 7.67. The van der Waals surface area contributed by atoms with E-state index in [9.17, 15) is 4.39 Å². The third-order valence-corrected chi connectivity index (χ3v) is 6.89. The average molecular weight is 333 g/mol. The van der Waals surface area contributed by atoms with Gasteiger partial charge in [-0.1, -0.05) is 18.2 Å². The van der Waals surface area contributed by atoms with E-state index in [2.05, 4.69) is 28.1 Å². The molecule has 1 aliphatic heterocycles. The molecule has 6 rings (SSSR count). The number of halogens is 1. The molecule has 126 valence electrons. The van der Waals surface area contributed by atoms with E-state index >= 15 is 0 Å². The molecule has 0 unspecified atom stereocenters. The van der Waals surface area contributed by atoms with Gasteiger partial charge in [0.1, 0.15) is 5.82 Å². The molecule has 2 heterocycles. The fourth-order valence-corrected chi connectivity index (χ4v) is 5.87. The summed E-state index contributed by atoms with van der Waals surface area (Å²) in [6, 6.07) is 13.2. The Bertz CT molecular complexity index is 992. The Morgan fingerprint density at radius 2 is 1.64 bits per heavy atom. The van der Waals surface area contributed by atoms with Gasteiger partial charge in [0.25, 0.3) is 0 Å². The van der Waals surface area contributed by atoms with Crippen LogP contribution in [0.3, 0.4) is 0 Å². The fraction of sp³-hybridized carbons (Fsp3) is 0.381. The number of aromatic nitrogens is 2. The van der Waals surface area contributed by atoms with Crippen molar-refractivity contribution in [2.24, 2.45) is 0 Å². The zero-order chi connectivity index (χ0) is 16.6. The minimum Gasteiger partial charge on any atom is -0.348 e. The van der Waals surface area contributed by atoms with Crippen molar-refractivity contribution in [1.29, 1.82) is 0 Å². The molecule has 0 spiro atoms. The Morgan fingerprint density at radius 1 is 0.920 bits per heavy atom. The van der Waals surface area contributed by atoms with Crippen LogP contribution in [0.2, 0.25) is 0 Å². The van der Waals surface area contributed by atoms with Gasteiger partial charge in [-0.2, -0.15) is 0 Å². The average Bonchev–Trinajstić information content (AvgIpc) is 3.26. The number of nitrogens with one attached hydrogen (secondary N) is 1. The first-order valence-electron chi connectivity index (χ1n) is 9.28. The summed E-state index contributed by atoms with van der Waals surface area (Å²) in [5.41, 5.74) is 4.86. The zero-order valence-electron chi connectivity index (χ0n) is 14.1. The lowest BCUT2D eigenvalue weighted by Gasteiger charge is -2.35. The number of imidazole rings is 1. The van der Waals surface area contributed by atoms with Gasteiger partial charge in [-0.3, -0.25) is 0 Å². The molecule has 0 atom stereocenters. The Kier molecular flexibility index (Phi) is 2.46. The molecular formula is C21H20FN3. The van der Waals surface area contributed by atoms with Crippen LogP contribution in [0, 0.1) is 5.82 Å². The van der Waals surface area contributed by atoms with Crippen molar-refractivity contribution in [3.05, 3.63) is 48.3 Å². The number of anilines is 1. The third kappa shape index (κ3) is 1.58. The molecular weight excluding hydrogens is 313 g/mol. The molecule has 0 radical (unpaired) electrons. The van der Waals surface area contributed by atoms with Crippen LogP contribution in [0.4, 0.5) is 10.3 Å². The highest BCUT2D eigenvalue weighted by molar-refractivity contribution is 5.86. The van der Waals surface area contributed by atoms with Crippen LogP contribution in [0.25, 0.3) is 22.2 Å². The van der Waals surface area contributed by atoms with Crippen molar-refractivity contribution >= 4 is 17.0 Å². The number of benzene rings is 2. The van der Waals surface area contributed by atoms with Gasteiger partial charge in [0.15, 0.2) is 0 Å². The molecule has 2 aliphatic carbocycles. The summed E-state index contributed by atoms with van der Waals surface area (Å²) in [7, 11) is 0. The first kappa shape index (κ1) is 13.9. The number of hydrogen-bond acceptors (Lipinski definition) is 2. The molecule has 25 heavy (non-hydrogen) atoms. The van der Waals surface area contributed by atoms with Gasteiger partial charge in [0.2, 0.25) is 5.95 Å². The van der Waals surface area contributed by atoms with E-state index in [1.54, 1.807) is 0 Å². The number of fused-ring (bicyclic) bond motifs is 3. The Hall–Kier alpha value is -2.36. The molecule has 1 N–H and O–H groups in total. The largest absolute Gasteiger partial charge is 0.348 e. The van der Waals surface area contributed by atoms with Gasteiger partial charge in [-0.25, -0.2) is 9.37 Å². The van der Waals surface area contributed by atoms with Crippen molar-refractivity contribution in [3.63, 3.8) is 0 Å². The highest BCUT2D eigenvalue weighted by atomic mass is 19.1. The van der Waals surface area contributed by atoms with E-state index in [1.807, 2.05) is 12.1 Å². The maximum Gasteiger partial charge on any atom is 0.205 e. The SMILES string of the molecule is Fc1ccc(-c2ccc3c(c2)nc2n3C34CCCC3(CCC4)N2)cc1. The molecule has 2 fully saturated rings. The predicted molar refractivity (Wildman–Crippen MR) is 97.2 cm³/mol. The van der Waals surface area contributed by atoms with E-state index in [4.69, 9.17) is 4.98 Å².